The van der Waals surface area contributed by atoms with Crippen LogP contribution in [0.5, 0.6) is 0 Å². The lowest BCUT2D eigenvalue weighted by atomic mass is 10.0. The van der Waals surface area contributed by atoms with E-state index < -0.39 is 9.84 Å². The average Bonchev–Trinajstić information content (AvgIpc) is 2.38. The number of hydrogen-bond acceptors (Lipinski definition) is 3. The van der Waals surface area contributed by atoms with Crippen LogP contribution < -0.4 is 5.73 Å². The van der Waals surface area contributed by atoms with Crippen LogP contribution >= 0.6 is 0 Å². The lowest BCUT2D eigenvalue weighted by Crippen LogP contribution is -2.04. The van der Waals surface area contributed by atoms with E-state index in [0.717, 1.165) is 16.7 Å². The van der Waals surface area contributed by atoms with Crippen molar-refractivity contribution < 1.29 is 8.42 Å². The predicted molar refractivity (Wildman–Crippen MR) is 77.6 cm³/mol. The van der Waals surface area contributed by atoms with Crippen LogP contribution in [0.2, 0.25) is 0 Å². The first-order chi connectivity index (χ1) is 8.88. The third-order valence-corrected chi connectivity index (χ3v) is 4.18. The second kappa shape index (κ2) is 5.15. The van der Waals surface area contributed by atoms with Crippen LogP contribution in [0.25, 0.3) is 11.1 Å². The van der Waals surface area contributed by atoms with E-state index in [1.165, 1.54) is 6.26 Å². The highest BCUT2D eigenvalue weighted by Gasteiger charge is 2.07. The van der Waals surface area contributed by atoms with Gasteiger partial charge in [0.15, 0.2) is 9.84 Å². The normalized spacial score (nSPS) is 13.2. The van der Waals surface area contributed by atoms with Gasteiger partial charge in [-0.25, -0.2) is 8.42 Å². The fraction of sp³-hybridized carbons (Fsp3) is 0.200. The van der Waals surface area contributed by atoms with E-state index in [-0.39, 0.29) is 6.04 Å². The molecule has 2 N–H and O–H groups in total. The molecule has 19 heavy (non-hydrogen) atoms. The average molecular weight is 275 g/mol. The number of sulfone groups is 1. The van der Waals surface area contributed by atoms with Crippen LogP contribution in [0.3, 0.4) is 0 Å². The smallest absolute Gasteiger partial charge is 0.175 e. The van der Waals surface area contributed by atoms with Gasteiger partial charge in [-0.3, -0.25) is 0 Å². The number of rotatable bonds is 3. The molecule has 0 unspecified atom stereocenters. The molecule has 0 saturated heterocycles. The van der Waals surface area contributed by atoms with Gasteiger partial charge in [-0.05, 0) is 35.7 Å². The van der Waals surface area contributed by atoms with Crippen molar-refractivity contribution in [3.63, 3.8) is 0 Å². The van der Waals surface area contributed by atoms with Gasteiger partial charge < -0.3 is 5.73 Å². The van der Waals surface area contributed by atoms with E-state index in [4.69, 9.17) is 5.73 Å². The molecular formula is C15H17NO2S. The largest absolute Gasteiger partial charge is 0.324 e. The summed E-state index contributed by atoms with van der Waals surface area (Å²) in [6.45, 7) is 1.94. The van der Waals surface area contributed by atoms with Gasteiger partial charge in [0.25, 0.3) is 0 Å². The van der Waals surface area contributed by atoms with Gasteiger partial charge in [-0.2, -0.15) is 0 Å². The Morgan fingerprint density at radius 3 is 1.68 bits per heavy atom. The molecule has 2 aromatic rings. The summed E-state index contributed by atoms with van der Waals surface area (Å²) in [6.07, 6.45) is 1.21. The van der Waals surface area contributed by atoms with Crippen molar-refractivity contribution in [3.05, 3.63) is 54.1 Å². The van der Waals surface area contributed by atoms with Crippen molar-refractivity contribution in [2.45, 2.75) is 17.9 Å². The zero-order valence-corrected chi connectivity index (χ0v) is 11.8. The third kappa shape index (κ3) is 3.22. The van der Waals surface area contributed by atoms with Crippen LogP contribution in [0, 0.1) is 0 Å². The summed E-state index contributed by atoms with van der Waals surface area (Å²) < 4.78 is 22.8. The van der Waals surface area contributed by atoms with Crippen LogP contribution in [-0.4, -0.2) is 14.7 Å². The van der Waals surface area contributed by atoms with Gasteiger partial charge in [0, 0.05) is 12.3 Å². The van der Waals surface area contributed by atoms with Crippen molar-refractivity contribution >= 4 is 9.84 Å². The summed E-state index contributed by atoms with van der Waals surface area (Å²) in [5.74, 6) is 0. The van der Waals surface area contributed by atoms with Gasteiger partial charge >= 0.3 is 0 Å². The van der Waals surface area contributed by atoms with E-state index in [1.807, 2.05) is 43.3 Å². The minimum absolute atomic E-state index is 0.0154. The first-order valence-corrected chi connectivity index (χ1v) is 7.93. The maximum Gasteiger partial charge on any atom is 0.175 e. The summed E-state index contributed by atoms with van der Waals surface area (Å²) in [4.78, 5) is 0.337. The van der Waals surface area contributed by atoms with E-state index >= 15 is 0 Å². The Kier molecular flexibility index (Phi) is 3.73. The highest BCUT2D eigenvalue weighted by Crippen LogP contribution is 2.23. The molecule has 0 fully saturated rings. The SMILES string of the molecule is C[C@@H](N)c1ccc(-c2ccc(S(C)(=O)=O)cc2)cc1. The molecule has 0 spiro atoms. The third-order valence-electron chi connectivity index (χ3n) is 3.05. The molecule has 0 aliphatic heterocycles. The quantitative estimate of drug-likeness (QED) is 0.937. The summed E-state index contributed by atoms with van der Waals surface area (Å²) in [5.41, 5.74) is 8.92. The molecule has 0 bridgehead atoms. The maximum absolute atomic E-state index is 11.4. The maximum atomic E-state index is 11.4. The molecule has 0 aromatic heterocycles. The molecule has 4 heteroatoms. The predicted octanol–water partition coefficient (Wildman–Crippen LogP) is 2.78. The molecule has 0 saturated carbocycles. The zero-order chi connectivity index (χ0) is 14.0. The fourth-order valence-electron chi connectivity index (χ4n) is 1.87. The zero-order valence-electron chi connectivity index (χ0n) is 11.0. The van der Waals surface area contributed by atoms with Gasteiger partial charge in [0.05, 0.1) is 4.90 Å². The molecule has 3 nitrogen and oxygen atoms in total. The fourth-order valence-corrected chi connectivity index (χ4v) is 2.50. The lowest BCUT2D eigenvalue weighted by Gasteiger charge is -2.07. The topological polar surface area (TPSA) is 60.2 Å². The molecule has 2 rings (SSSR count). The van der Waals surface area contributed by atoms with Gasteiger partial charge in [0.1, 0.15) is 0 Å². The van der Waals surface area contributed by atoms with Crippen molar-refractivity contribution in [2.75, 3.05) is 6.26 Å². The van der Waals surface area contributed by atoms with E-state index in [2.05, 4.69) is 0 Å². The highest BCUT2D eigenvalue weighted by atomic mass is 32.2. The van der Waals surface area contributed by atoms with Crippen molar-refractivity contribution in [3.8, 4) is 11.1 Å². The van der Waals surface area contributed by atoms with Crippen LogP contribution in [0.15, 0.2) is 53.4 Å². The Hall–Kier alpha value is -1.65. The number of hydrogen-bond donors (Lipinski definition) is 1. The first-order valence-electron chi connectivity index (χ1n) is 6.04. The van der Waals surface area contributed by atoms with Crippen molar-refractivity contribution in [2.24, 2.45) is 5.73 Å². The highest BCUT2D eigenvalue weighted by molar-refractivity contribution is 7.90. The standard InChI is InChI=1S/C15H17NO2S/c1-11(16)12-3-5-13(6-4-12)14-7-9-15(10-8-14)19(2,17)18/h3-11H,16H2,1-2H3/t11-/m1/s1. The van der Waals surface area contributed by atoms with Crippen LogP contribution in [0.4, 0.5) is 0 Å². The van der Waals surface area contributed by atoms with Crippen molar-refractivity contribution in [1.82, 2.24) is 0 Å². The van der Waals surface area contributed by atoms with Crippen LogP contribution in [-0.2, 0) is 9.84 Å². The molecule has 0 heterocycles. The summed E-state index contributed by atoms with van der Waals surface area (Å²) in [5, 5.41) is 0. The monoisotopic (exact) mass is 275 g/mol. The molecule has 0 amide bonds. The van der Waals surface area contributed by atoms with Crippen molar-refractivity contribution in [1.29, 1.82) is 0 Å². The number of nitrogens with two attached hydrogens (primary N) is 1. The van der Waals surface area contributed by atoms with Gasteiger partial charge in [-0.15, -0.1) is 0 Å². The van der Waals surface area contributed by atoms with Gasteiger partial charge in [-0.1, -0.05) is 36.4 Å². The van der Waals surface area contributed by atoms with E-state index in [9.17, 15) is 8.42 Å². The lowest BCUT2D eigenvalue weighted by molar-refractivity contribution is 0.602. The summed E-state index contributed by atoms with van der Waals surface area (Å²) in [6, 6.07) is 14.9. The summed E-state index contributed by atoms with van der Waals surface area (Å²) >= 11 is 0. The first kappa shape index (κ1) is 13.8. The Bertz CT molecular complexity index is 656. The molecule has 0 radical (unpaired) electrons. The Balaban J connectivity index is 2.32. The number of benzene rings is 2. The second-order valence-corrected chi connectivity index (χ2v) is 6.72. The minimum atomic E-state index is -3.14. The minimum Gasteiger partial charge on any atom is -0.324 e. The molecule has 100 valence electrons. The molecule has 1 atom stereocenters. The second-order valence-electron chi connectivity index (χ2n) is 4.71. The Labute approximate surface area is 114 Å². The molecular weight excluding hydrogens is 258 g/mol. The molecule has 2 aromatic carbocycles. The van der Waals surface area contributed by atoms with Gasteiger partial charge in [0.2, 0.25) is 0 Å². The summed E-state index contributed by atoms with van der Waals surface area (Å²) in [7, 11) is -3.14. The molecule has 0 aliphatic rings. The Morgan fingerprint density at radius 1 is 0.895 bits per heavy atom. The molecule has 0 aliphatic carbocycles. The van der Waals surface area contributed by atoms with Crippen LogP contribution in [0.1, 0.15) is 18.5 Å². The Morgan fingerprint density at radius 2 is 1.32 bits per heavy atom. The van der Waals surface area contributed by atoms with E-state index in [1.54, 1.807) is 12.1 Å². The van der Waals surface area contributed by atoms with E-state index in [0.29, 0.717) is 4.90 Å².